The molecule has 0 aromatic heterocycles. The highest BCUT2D eigenvalue weighted by atomic mass is 32.2. The van der Waals surface area contributed by atoms with E-state index in [-0.39, 0.29) is 36.6 Å². The third kappa shape index (κ3) is 3.63. The van der Waals surface area contributed by atoms with E-state index in [1.165, 1.54) is 9.21 Å². The van der Waals surface area contributed by atoms with Crippen molar-refractivity contribution in [3.8, 4) is 17.2 Å². The van der Waals surface area contributed by atoms with Gasteiger partial charge in [0.1, 0.15) is 0 Å². The molecule has 0 saturated carbocycles. The molecule has 1 heterocycles. The van der Waals surface area contributed by atoms with E-state index in [1.54, 1.807) is 19.1 Å². The molecule has 0 aliphatic carbocycles. The normalized spacial score (nSPS) is 15.6. The lowest BCUT2D eigenvalue weighted by molar-refractivity contribution is 0.0697. The summed E-state index contributed by atoms with van der Waals surface area (Å²) in [6.07, 6.45) is 0. The molecule has 1 aliphatic rings. The van der Waals surface area contributed by atoms with Gasteiger partial charge in [0.05, 0.1) is 4.90 Å². The average Bonchev–Trinajstić information content (AvgIpc) is 2.65. The Balaban J connectivity index is 1.74. The lowest BCUT2D eigenvalue weighted by Crippen LogP contribution is -2.50. The smallest absolute Gasteiger partial charge is 0.254 e. The maximum Gasteiger partial charge on any atom is 0.254 e. The van der Waals surface area contributed by atoms with Crippen LogP contribution in [0.5, 0.6) is 17.2 Å². The first-order chi connectivity index (χ1) is 13.1. The van der Waals surface area contributed by atoms with E-state index in [0.29, 0.717) is 5.56 Å². The van der Waals surface area contributed by atoms with Gasteiger partial charge in [-0.25, -0.2) is 8.42 Å². The molecule has 0 bridgehead atoms. The van der Waals surface area contributed by atoms with Crippen molar-refractivity contribution < 1.29 is 28.5 Å². The van der Waals surface area contributed by atoms with Crippen LogP contribution in [0.25, 0.3) is 0 Å². The zero-order valence-corrected chi connectivity index (χ0v) is 16.4. The third-order valence-corrected chi connectivity index (χ3v) is 6.85. The SMILES string of the molecule is Cc1ccc(S(=O)(=O)N2CCN(C(=O)c3cc(O)c(O)c(O)c3)CC2)c(C)c1. The van der Waals surface area contributed by atoms with Gasteiger partial charge in [-0.1, -0.05) is 17.7 Å². The second-order valence-corrected chi connectivity index (χ2v) is 8.73. The van der Waals surface area contributed by atoms with Crippen LogP contribution >= 0.6 is 0 Å². The topological polar surface area (TPSA) is 118 Å². The number of piperazine rings is 1. The molecule has 0 unspecified atom stereocenters. The minimum absolute atomic E-state index is 0.0125. The molecule has 9 heteroatoms. The molecule has 2 aromatic rings. The summed E-state index contributed by atoms with van der Waals surface area (Å²) in [6.45, 7) is 4.27. The van der Waals surface area contributed by atoms with Gasteiger partial charge >= 0.3 is 0 Å². The Hall–Kier alpha value is -2.78. The zero-order chi connectivity index (χ0) is 20.6. The second kappa shape index (κ2) is 7.33. The fourth-order valence-corrected chi connectivity index (χ4v) is 4.90. The predicted octanol–water partition coefficient (Wildman–Crippen LogP) is 1.57. The van der Waals surface area contributed by atoms with Gasteiger partial charge in [0, 0.05) is 31.7 Å². The summed E-state index contributed by atoms with van der Waals surface area (Å²) < 4.78 is 27.2. The van der Waals surface area contributed by atoms with Gasteiger partial charge in [0.15, 0.2) is 17.2 Å². The number of aromatic hydroxyl groups is 3. The molecule has 0 radical (unpaired) electrons. The molecule has 8 nitrogen and oxygen atoms in total. The van der Waals surface area contributed by atoms with Gasteiger partial charge < -0.3 is 20.2 Å². The van der Waals surface area contributed by atoms with Crippen molar-refractivity contribution in [2.75, 3.05) is 26.2 Å². The van der Waals surface area contributed by atoms with E-state index in [9.17, 15) is 28.5 Å². The van der Waals surface area contributed by atoms with Crippen LogP contribution in [0, 0.1) is 13.8 Å². The Bertz CT molecular complexity index is 1000. The molecule has 0 atom stereocenters. The van der Waals surface area contributed by atoms with E-state index in [4.69, 9.17) is 0 Å². The van der Waals surface area contributed by atoms with Crippen molar-refractivity contribution in [3.05, 3.63) is 47.0 Å². The highest BCUT2D eigenvalue weighted by Gasteiger charge is 2.31. The van der Waals surface area contributed by atoms with E-state index < -0.39 is 33.2 Å². The third-order valence-electron chi connectivity index (χ3n) is 4.79. The molecular formula is C19H22N2O6S. The maximum atomic E-state index is 12.9. The van der Waals surface area contributed by atoms with E-state index in [2.05, 4.69) is 0 Å². The molecule has 150 valence electrons. The van der Waals surface area contributed by atoms with Gasteiger partial charge in [-0.3, -0.25) is 4.79 Å². The predicted molar refractivity (Wildman–Crippen MR) is 102 cm³/mol. The Morgan fingerprint density at radius 2 is 1.50 bits per heavy atom. The maximum absolute atomic E-state index is 12.9. The highest BCUT2D eigenvalue weighted by Crippen LogP contribution is 2.35. The second-order valence-electron chi connectivity index (χ2n) is 6.83. The summed E-state index contributed by atoms with van der Waals surface area (Å²) in [6, 6.07) is 7.30. The van der Waals surface area contributed by atoms with Gasteiger partial charge in [-0.2, -0.15) is 4.31 Å². The number of aryl methyl sites for hydroxylation is 2. The molecular weight excluding hydrogens is 384 g/mol. The van der Waals surface area contributed by atoms with Crippen molar-refractivity contribution >= 4 is 15.9 Å². The molecule has 1 aliphatic heterocycles. The molecule has 2 aromatic carbocycles. The summed E-state index contributed by atoms with van der Waals surface area (Å²) in [7, 11) is -3.66. The first-order valence-corrected chi connectivity index (χ1v) is 10.2. The van der Waals surface area contributed by atoms with E-state index >= 15 is 0 Å². The summed E-state index contributed by atoms with van der Waals surface area (Å²) in [4.78, 5) is 14.3. The lowest BCUT2D eigenvalue weighted by atomic mass is 10.1. The standard InChI is InChI=1S/C19H22N2O6S/c1-12-3-4-17(13(2)9-12)28(26,27)21-7-5-20(6-8-21)19(25)14-10-15(22)18(24)16(23)11-14/h3-4,9-11,22-24H,5-8H2,1-2H3. The molecule has 1 amide bonds. The Morgan fingerprint density at radius 3 is 2.04 bits per heavy atom. The minimum atomic E-state index is -3.66. The fourth-order valence-electron chi connectivity index (χ4n) is 3.27. The van der Waals surface area contributed by atoms with Crippen LogP contribution in [-0.2, 0) is 10.0 Å². The number of carbonyl (C=O) groups is 1. The number of rotatable bonds is 3. The highest BCUT2D eigenvalue weighted by molar-refractivity contribution is 7.89. The van der Waals surface area contributed by atoms with Crippen LogP contribution in [0.2, 0.25) is 0 Å². The number of amides is 1. The molecule has 3 N–H and O–H groups in total. The largest absolute Gasteiger partial charge is 0.504 e. The molecule has 1 saturated heterocycles. The molecule has 1 fully saturated rings. The summed E-state index contributed by atoms with van der Waals surface area (Å²) >= 11 is 0. The Morgan fingerprint density at radius 1 is 0.929 bits per heavy atom. The number of nitrogens with zero attached hydrogens (tertiary/aromatic N) is 2. The number of phenolic OH excluding ortho intramolecular Hbond substituents is 3. The number of carbonyl (C=O) groups excluding carboxylic acids is 1. The van der Waals surface area contributed by atoms with Crippen molar-refractivity contribution in [1.82, 2.24) is 9.21 Å². The van der Waals surface area contributed by atoms with Gasteiger partial charge in [0.25, 0.3) is 5.91 Å². The number of benzene rings is 2. The monoisotopic (exact) mass is 406 g/mol. The van der Waals surface area contributed by atoms with Gasteiger partial charge in [-0.05, 0) is 37.6 Å². The summed E-state index contributed by atoms with van der Waals surface area (Å²) in [5, 5.41) is 28.6. The Labute approximate surface area is 163 Å². The minimum Gasteiger partial charge on any atom is -0.504 e. The van der Waals surface area contributed by atoms with Gasteiger partial charge in [0.2, 0.25) is 10.0 Å². The number of hydrogen-bond donors (Lipinski definition) is 3. The van der Waals surface area contributed by atoms with Crippen LogP contribution in [0.4, 0.5) is 0 Å². The van der Waals surface area contributed by atoms with Crippen molar-refractivity contribution in [1.29, 1.82) is 0 Å². The molecule has 3 rings (SSSR count). The summed E-state index contributed by atoms with van der Waals surface area (Å²) in [5.74, 6) is -2.35. The Kier molecular flexibility index (Phi) is 5.22. The fraction of sp³-hybridized carbons (Fsp3) is 0.316. The quantitative estimate of drug-likeness (QED) is 0.666. The first-order valence-electron chi connectivity index (χ1n) is 8.73. The summed E-state index contributed by atoms with van der Waals surface area (Å²) in [5.41, 5.74) is 1.67. The van der Waals surface area contributed by atoms with Crippen LogP contribution in [-0.4, -0.2) is 65.0 Å². The van der Waals surface area contributed by atoms with Gasteiger partial charge in [-0.15, -0.1) is 0 Å². The van der Waals surface area contributed by atoms with E-state index in [1.807, 2.05) is 13.0 Å². The zero-order valence-electron chi connectivity index (χ0n) is 15.6. The van der Waals surface area contributed by atoms with Crippen molar-refractivity contribution in [2.45, 2.75) is 18.7 Å². The van der Waals surface area contributed by atoms with Crippen molar-refractivity contribution in [2.24, 2.45) is 0 Å². The van der Waals surface area contributed by atoms with Crippen molar-refractivity contribution in [3.63, 3.8) is 0 Å². The van der Waals surface area contributed by atoms with Crippen LogP contribution < -0.4 is 0 Å². The average molecular weight is 406 g/mol. The lowest BCUT2D eigenvalue weighted by Gasteiger charge is -2.34. The molecule has 28 heavy (non-hydrogen) atoms. The molecule has 0 spiro atoms. The van der Waals surface area contributed by atoms with Crippen LogP contribution in [0.3, 0.4) is 0 Å². The van der Waals surface area contributed by atoms with Crippen LogP contribution in [0.1, 0.15) is 21.5 Å². The number of sulfonamides is 1. The number of phenols is 3. The van der Waals surface area contributed by atoms with E-state index in [0.717, 1.165) is 17.7 Å². The van der Waals surface area contributed by atoms with Crippen LogP contribution in [0.15, 0.2) is 35.2 Å². The number of hydrogen-bond acceptors (Lipinski definition) is 6. The first kappa shape index (κ1) is 20.0.